The van der Waals surface area contributed by atoms with E-state index in [1.54, 1.807) is 0 Å². The highest BCUT2D eigenvalue weighted by Gasteiger charge is 2.30. The standard InChI is InChI=1S/C11H19N3O/c1-9-6-10(13-14(9)2)7-11(15)4-3-5-12-8-11/h6,12,15H,3-5,7-8H2,1-2H3. The fourth-order valence-corrected chi connectivity index (χ4v) is 2.16. The Morgan fingerprint density at radius 3 is 3.00 bits per heavy atom. The predicted octanol–water partition coefficient (Wildman–Crippen LogP) is 0.386. The molecule has 15 heavy (non-hydrogen) atoms. The van der Waals surface area contributed by atoms with Crippen molar-refractivity contribution < 1.29 is 5.11 Å². The van der Waals surface area contributed by atoms with Crippen LogP contribution in [0.15, 0.2) is 6.07 Å². The average molecular weight is 209 g/mol. The zero-order valence-corrected chi connectivity index (χ0v) is 9.45. The topological polar surface area (TPSA) is 50.1 Å². The highest BCUT2D eigenvalue weighted by Crippen LogP contribution is 2.20. The predicted molar refractivity (Wildman–Crippen MR) is 58.7 cm³/mol. The van der Waals surface area contributed by atoms with Gasteiger partial charge in [-0.3, -0.25) is 4.68 Å². The van der Waals surface area contributed by atoms with Crippen LogP contribution in [0.5, 0.6) is 0 Å². The molecule has 1 aliphatic heterocycles. The summed E-state index contributed by atoms with van der Waals surface area (Å²) in [5.41, 5.74) is 1.53. The summed E-state index contributed by atoms with van der Waals surface area (Å²) in [6.07, 6.45) is 2.57. The highest BCUT2D eigenvalue weighted by molar-refractivity contribution is 5.11. The molecule has 0 bridgehead atoms. The van der Waals surface area contributed by atoms with E-state index in [-0.39, 0.29) is 0 Å². The van der Waals surface area contributed by atoms with Crippen LogP contribution in [-0.2, 0) is 13.5 Å². The first kappa shape index (κ1) is 10.6. The van der Waals surface area contributed by atoms with Crippen molar-refractivity contribution >= 4 is 0 Å². The molecule has 1 aliphatic rings. The number of hydrogen-bond donors (Lipinski definition) is 2. The first-order chi connectivity index (χ1) is 7.09. The molecular formula is C11H19N3O. The molecule has 2 rings (SSSR count). The van der Waals surface area contributed by atoms with Gasteiger partial charge in [0.2, 0.25) is 0 Å². The zero-order valence-electron chi connectivity index (χ0n) is 9.45. The number of aryl methyl sites for hydroxylation is 2. The van der Waals surface area contributed by atoms with Gasteiger partial charge in [-0.1, -0.05) is 0 Å². The average Bonchev–Trinajstić information content (AvgIpc) is 2.46. The summed E-state index contributed by atoms with van der Waals surface area (Å²) in [4.78, 5) is 0. The number of rotatable bonds is 2. The Balaban J connectivity index is 2.06. The molecule has 0 radical (unpaired) electrons. The summed E-state index contributed by atoms with van der Waals surface area (Å²) < 4.78 is 1.86. The highest BCUT2D eigenvalue weighted by atomic mass is 16.3. The minimum atomic E-state index is -0.598. The molecule has 0 aliphatic carbocycles. The van der Waals surface area contributed by atoms with E-state index in [4.69, 9.17) is 0 Å². The van der Waals surface area contributed by atoms with Crippen LogP contribution in [0.25, 0.3) is 0 Å². The molecule has 1 atom stereocenters. The summed E-state index contributed by atoms with van der Waals surface area (Å²) >= 11 is 0. The largest absolute Gasteiger partial charge is 0.388 e. The molecule has 0 saturated carbocycles. The van der Waals surface area contributed by atoms with E-state index < -0.39 is 5.60 Å². The molecule has 1 aromatic heterocycles. The van der Waals surface area contributed by atoms with Gasteiger partial charge in [-0.15, -0.1) is 0 Å². The van der Waals surface area contributed by atoms with Crippen LogP contribution in [0.1, 0.15) is 24.2 Å². The molecule has 4 nitrogen and oxygen atoms in total. The first-order valence-electron chi connectivity index (χ1n) is 5.52. The van der Waals surface area contributed by atoms with E-state index in [1.165, 1.54) is 0 Å². The number of hydrogen-bond acceptors (Lipinski definition) is 3. The molecule has 0 aromatic carbocycles. The Hall–Kier alpha value is -0.870. The van der Waals surface area contributed by atoms with Gasteiger partial charge < -0.3 is 10.4 Å². The number of β-amino-alcohol motifs (C(OH)–C–C–N with tert-alkyl or cyclic N) is 1. The van der Waals surface area contributed by atoms with Gasteiger partial charge in [0, 0.05) is 25.7 Å². The van der Waals surface area contributed by atoms with Crippen LogP contribution < -0.4 is 5.32 Å². The van der Waals surface area contributed by atoms with Gasteiger partial charge in [-0.25, -0.2) is 0 Å². The van der Waals surface area contributed by atoms with Gasteiger partial charge in [-0.05, 0) is 32.4 Å². The maximum Gasteiger partial charge on any atom is 0.0827 e. The Labute approximate surface area is 90.3 Å². The number of piperidine rings is 1. The fraction of sp³-hybridized carbons (Fsp3) is 0.727. The van der Waals surface area contributed by atoms with Crippen LogP contribution in [0.4, 0.5) is 0 Å². The number of aromatic nitrogens is 2. The molecule has 2 N–H and O–H groups in total. The number of aliphatic hydroxyl groups is 1. The quantitative estimate of drug-likeness (QED) is 0.740. The molecule has 1 aromatic rings. The van der Waals surface area contributed by atoms with Crippen LogP contribution in [0.2, 0.25) is 0 Å². The molecule has 1 fully saturated rings. The van der Waals surface area contributed by atoms with Crippen molar-refractivity contribution in [3.05, 3.63) is 17.5 Å². The van der Waals surface area contributed by atoms with Gasteiger partial charge >= 0.3 is 0 Å². The van der Waals surface area contributed by atoms with E-state index in [9.17, 15) is 5.11 Å². The van der Waals surface area contributed by atoms with Gasteiger partial charge in [-0.2, -0.15) is 5.10 Å². The third-order valence-electron chi connectivity index (χ3n) is 3.12. The van der Waals surface area contributed by atoms with Crippen LogP contribution in [0, 0.1) is 6.92 Å². The smallest absolute Gasteiger partial charge is 0.0827 e. The van der Waals surface area contributed by atoms with E-state index in [1.807, 2.05) is 24.7 Å². The van der Waals surface area contributed by atoms with Gasteiger partial charge in [0.05, 0.1) is 11.3 Å². The van der Waals surface area contributed by atoms with Crippen LogP contribution in [0.3, 0.4) is 0 Å². The molecule has 0 amide bonds. The Kier molecular flexibility index (Phi) is 2.80. The lowest BCUT2D eigenvalue weighted by Crippen LogP contribution is -2.47. The first-order valence-corrected chi connectivity index (χ1v) is 5.52. The SMILES string of the molecule is Cc1cc(CC2(O)CCCNC2)nn1C. The van der Waals surface area contributed by atoms with Crippen molar-refractivity contribution in [1.29, 1.82) is 0 Å². The van der Waals surface area contributed by atoms with Crippen molar-refractivity contribution in [3.63, 3.8) is 0 Å². The molecular weight excluding hydrogens is 190 g/mol. The lowest BCUT2D eigenvalue weighted by Gasteiger charge is -2.31. The van der Waals surface area contributed by atoms with Crippen LogP contribution >= 0.6 is 0 Å². The minimum Gasteiger partial charge on any atom is -0.388 e. The minimum absolute atomic E-state index is 0.598. The second-order valence-electron chi connectivity index (χ2n) is 4.58. The molecule has 4 heteroatoms. The number of nitrogens with zero attached hydrogens (tertiary/aromatic N) is 2. The maximum absolute atomic E-state index is 10.3. The Bertz CT molecular complexity index is 320. The van der Waals surface area contributed by atoms with Crippen molar-refractivity contribution in [2.24, 2.45) is 7.05 Å². The zero-order chi connectivity index (χ0) is 10.9. The fourth-order valence-electron chi connectivity index (χ4n) is 2.16. The Morgan fingerprint density at radius 2 is 2.47 bits per heavy atom. The lowest BCUT2D eigenvalue weighted by atomic mass is 9.89. The van der Waals surface area contributed by atoms with E-state index in [0.717, 1.165) is 30.8 Å². The molecule has 84 valence electrons. The number of nitrogens with one attached hydrogen (secondary N) is 1. The van der Waals surface area contributed by atoms with Gasteiger partial charge in [0.1, 0.15) is 0 Å². The molecule has 2 heterocycles. The summed E-state index contributed by atoms with van der Waals surface area (Å²) in [6.45, 7) is 3.73. The molecule has 1 saturated heterocycles. The third kappa shape index (κ3) is 2.38. The normalized spacial score (nSPS) is 26.9. The lowest BCUT2D eigenvalue weighted by molar-refractivity contribution is 0.0160. The molecule has 0 spiro atoms. The Morgan fingerprint density at radius 1 is 1.67 bits per heavy atom. The maximum atomic E-state index is 10.3. The summed E-state index contributed by atoms with van der Waals surface area (Å²) in [5.74, 6) is 0. The monoisotopic (exact) mass is 209 g/mol. The summed E-state index contributed by atoms with van der Waals surface area (Å²) in [5, 5.41) is 17.9. The molecule has 1 unspecified atom stereocenters. The summed E-state index contributed by atoms with van der Waals surface area (Å²) in [7, 11) is 1.93. The third-order valence-corrected chi connectivity index (χ3v) is 3.12. The van der Waals surface area contributed by atoms with E-state index in [2.05, 4.69) is 10.4 Å². The van der Waals surface area contributed by atoms with Gasteiger partial charge in [0.15, 0.2) is 0 Å². The van der Waals surface area contributed by atoms with Crippen molar-refractivity contribution in [2.75, 3.05) is 13.1 Å². The second-order valence-corrected chi connectivity index (χ2v) is 4.58. The van der Waals surface area contributed by atoms with Crippen molar-refractivity contribution in [3.8, 4) is 0 Å². The van der Waals surface area contributed by atoms with Crippen molar-refractivity contribution in [1.82, 2.24) is 15.1 Å². The second kappa shape index (κ2) is 3.94. The van der Waals surface area contributed by atoms with Gasteiger partial charge in [0.25, 0.3) is 0 Å². The van der Waals surface area contributed by atoms with E-state index in [0.29, 0.717) is 13.0 Å². The summed E-state index contributed by atoms with van der Waals surface area (Å²) in [6, 6.07) is 2.05. The van der Waals surface area contributed by atoms with Crippen molar-refractivity contribution in [2.45, 2.75) is 31.8 Å². The van der Waals surface area contributed by atoms with Crippen LogP contribution in [-0.4, -0.2) is 33.6 Å². The van der Waals surface area contributed by atoms with E-state index >= 15 is 0 Å².